The summed E-state index contributed by atoms with van der Waals surface area (Å²) in [6.45, 7) is 1.73. The third kappa shape index (κ3) is 3.90. The number of halogens is 4. The molecule has 18 heavy (non-hydrogen) atoms. The number of alkyl halides is 4. The number of rotatable bonds is 5. The maximum atomic E-state index is 12.2. The van der Waals surface area contributed by atoms with Crippen molar-refractivity contribution in [2.24, 2.45) is 0 Å². The monoisotopic (exact) mass is 326 g/mol. The predicted molar refractivity (Wildman–Crippen MR) is 62.4 cm³/mol. The SMILES string of the molecule is CCOc1c(OC(F)(F)F)cccc1C(=O)CBr. The van der Waals surface area contributed by atoms with Crippen molar-refractivity contribution in [3.8, 4) is 11.5 Å². The fraction of sp³-hybridized carbons (Fsp3) is 0.364. The van der Waals surface area contributed by atoms with E-state index in [1.165, 1.54) is 12.1 Å². The second kappa shape index (κ2) is 6.08. The Bertz CT molecular complexity index is 432. The Morgan fingerprint density at radius 3 is 2.56 bits per heavy atom. The molecule has 7 heteroatoms. The topological polar surface area (TPSA) is 35.5 Å². The van der Waals surface area contributed by atoms with Crippen LogP contribution in [-0.2, 0) is 0 Å². The minimum Gasteiger partial charge on any atom is -0.489 e. The van der Waals surface area contributed by atoms with Gasteiger partial charge in [0.15, 0.2) is 17.3 Å². The Morgan fingerprint density at radius 2 is 2.06 bits per heavy atom. The molecule has 0 unspecified atom stereocenters. The van der Waals surface area contributed by atoms with Crippen LogP contribution >= 0.6 is 15.9 Å². The second-order valence-corrected chi connectivity index (χ2v) is 3.73. The van der Waals surface area contributed by atoms with Crippen molar-refractivity contribution in [3.05, 3.63) is 23.8 Å². The van der Waals surface area contributed by atoms with E-state index in [2.05, 4.69) is 20.7 Å². The van der Waals surface area contributed by atoms with Crippen molar-refractivity contribution >= 4 is 21.7 Å². The third-order valence-corrected chi connectivity index (χ3v) is 2.42. The van der Waals surface area contributed by atoms with Crippen LogP contribution in [0.1, 0.15) is 17.3 Å². The molecule has 1 rings (SSSR count). The zero-order valence-electron chi connectivity index (χ0n) is 9.38. The molecule has 0 aliphatic carbocycles. The predicted octanol–water partition coefficient (Wildman–Crippen LogP) is 3.56. The van der Waals surface area contributed by atoms with E-state index in [0.29, 0.717) is 0 Å². The van der Waals surface area contributed by atoms with Crippen molar-refractivity contribution in [2.75, 3.05) is 11.9 Å². The summed E-state index contributed by atoms with van der Waals surface area (Å²) < 4.78 is 45.5. The molecule has 0 radical (unpaired) electrons. The second-order valence-electron chi connectivity index (χ2n) is 3.17. The van der Waals surface area contributed by atoms with Crippen LogP contribution in [0.2, 0.25) is 0 Å². The molecule has 0 saturated carbocycles. The first-order valence-corrected chi connectivity index (χ1v) is 6.12. The van der Waals surface area contributed by atoms with E-state index in [1.54, 1.807) is 6.92 Å². The van der Waals surface area contributed by atoms with Gasteiger partial charge in [0.05, 0.1) is 17.5 Å². The smallest absolute Gasteiger partial charge is 0.489 e. The van der Waals surface area contributed by atoms with Gasteiger partial charge in [-0.05, 0) is 19.1 Å². The van der Waals surface area contributed by atoms with Gasteiger partial charge < -0.3 is 9.47 Å². The van der Waals surface area contributed by atoms with Crippen molar-refractivity contribution in [1.82, 2.24) is 0 Å². The Hall–Kier alpha value is -1.24. The molecule has 0 aromatic heterocycles. The standard InChI is InChI=1S/C11H10BrF3O3/c1-2-17-10-7(8(16)6-12)4-3-5-9(10)18-11(13,14)15/h3-5H,2,6H2,1H3. The highest BCUT2D eigenvalue weighted by Crippen LogP contribution is 2.35. The highest BCUT2D eigenvalue weighted by atomic mass is 79.9. The average Bonchev–Trinajstić information content (AvgIpc) is 2.28. The molecule has 0 N–H and O–H groups in total. The molecule has 0 spiro atoms. The molecule has 1 aromatic carbocycles. The molecule has 0 saturated heterocycles. The van der Waals surface area contributed by atoms with Crippen LogP contribution in [-0.4, -0.2) is 24.1 Å². The normalized spacial score (nSPS) is 11.2. The molecule has 0 aliphatic heterocycles. The van der Waals surface area contributed by atoms with Gasteiger partial charge in [-0.15, -0.1) is 13.2 Å². The third-order valence-electron chi connectivity index (χ3n) is 1.92. The molecule has 0 atom stereocenters. The summed E-state index contributed by atoms with van der Waals surface area (Å²) in [6.07, 6.45) is -4.83. The molecule has 0 amide bonds. The van der Waals surface area contributed by atoms with Crippen LogP contribution in [0.25, 0.3) is 0 Å². The van der Waals surface area contributed by atoms with Gasteiger partial charge in [-0.2, -0.15) is 0 Å². The van der Waals surface area contributed by atoms with Gasteiger partial charge in [-0.25, -0.2) is 0 Å². The lowest BCUT2D eigenvalue weighted by Crippen LogP contribution is -2.18. The Balaban J connectivity index is 3.21. The van der Waals surface area contributed by atoms with E-state index >= 15 is 0 Å². The van der Waals surface area contributed by atoms with Gasteiger partial charge in [0.1, 0.15) is 0 Å². The van der Waals surface area contributed by atoms with E-state index in [4.69, 9.17) is 4.74 Å². The van der Waals surface area contributed by atoms with E-state index < -0.39 is 12.1 Å². The molecular weight excluding hydrogens is 317 g/mol. The average molecular weight is 327 g/mol. The Morgan fingerprint density at radius 1 is 1.39 bits per heavy atom. The minimum absolute atomic E-state index is 0.0114. The number of ether oxygens (including phenoxy) is 2. The van der Waals surface area contributed by atoms with Crippen LogP contribution in [0, 0.1) is 0 Å². The summed E-state index contributed by atoms with van der Waals surface area (Å²) in [7, 11) is 0. The highest BCUT2D eigenvalue weighted by molar-refractivity contribution is 9.09. The fourth-order valence-electron chi connectivity index (χ4n) is 1.31. The van der Waals surface area contributed by atoms with Crippen LogP contribution in [0.3, 0.4) is 0 Å². The molecule has 100 valence electrons. The lowest BCUT2D eigenvalue weighted by molar-refractivity contribution is -0.275. The number of hydrogen-bond donors (Lipinski definition) is 0. The number of carbonyl (C=O) groups excluding carboxylic acids is 1. The molecular formula is C11H10BrF3O3. The number of Topliss-reactive ketones (excluding diaryl/α,β-unsaturated/α-hetero) is 1. The van der Waals surface area contributed by atoms with Crippen molar-refractivity contribution in [3.63, 3.8) is 0 Å². The molecule has 0 aliphatic rings. The molecule has 1 aromatic rings. The number of ketones is 1. The molecule has 3 nitrogen and oxygen atoms in total. The van der Waals surface area contributed by atoms with E-state index in [0.717, 1.165) is 6.07 Å². The summed E-state index contributed by atoms with van der Waals surface area (Å²) in [5.41, 5.74) is 0.0514. The van der Waals surface area contributed by atoms with E-state index in [-0.39, 0.29) is 29.0 Å². The Kier molecular flexibility index (Phi) is 5.01. The number of para-hydroxylation sites is 1. The van der Waals surface area contributed by atoms with E-state index in [1.807, 2.05) is 0 Å². The van der Waals surface area contributed by atoms with Crippen LogP contribution in [0.5, 0.6) is 11.5 Å². The lowest BCUT2D eigenvalue weighted by Gasteiger charge is -2.15. The maximum Gasteiger partial charge on any atom is 0.573 e. The molecule has 0 bridgehead atoms. The van der Waals surface area contributed by atoms with Gasteiger partial charge >= 0.3 is 6.36 Å². The van der Waals surface area contributed by atoms with Gasteiger partial charge in [-0.1, -0.05) is 22.0 Å². The minimum atomic E-state index is -4.83. The molecule has 0 fully saturated rings. The first kappa shape index (κ1) is 14.8. The van der Waals surface area contributed by atoms with Gasteiger partial charge in [0, 0.05) is 0 Å². The zero-order valence-corrected chi connectivity index (χ0v) is 11.0. The van der Waals surface area contributed by atoms with Crippen LogP contribution in [0.4, 0.5) is 13.2 Å². The summed E-state index contributed by atoms with van der Waals surface area (Å²) in [5.74, 6) is -1.09. The van der Waals surface area contributed by atoms with Crippen molar-refractivity contribution in [1.29, 1.82) is 0 Å². The van der Waals surface area contributed by atoms with Gasteiger partial charge in [0.2, 0.25) is 0 Å². The van der Waals surface area contributed by atoms with Crippen molar-refractivity contribution < 1.29 is 27.4 Å². The first-order chi connectivity index (χ1) is 8.39. The maximum absolute atomic E-state index is 12.2. The largest absolute Gasteiger partial charge is 0.573 e. The summed E-state index contributed by atoms with van der Waals surface area (Å²) in [6, 6.07) is 3.79. The quantitative estimate of drug-likeness (QED) is 0.613. The number of carbonyl (C=O) groups is 1. The van der Waals surface area contributed by atoms with Crippen molar-refractivity contribution in [2.45, 2.75) is 13.3 Å². The molecule has 0 heterocycles. The van der Waals surface area contributed by atoms with E-state index in [9.17, 15) is 18.0 Å². The summed E-state index contributed by atoms with van der Waals surface area (Å²) >= 11 is 2.95. The fourth-order valence-corrected chi connectivity index (χ4v) is 1.61. The van der Waals surface area contributed by atoms with Gasteiger partial charge in [-0.3, -0.25) is 4.79 Å². The zero-order chi connectivity index (χ0) is 13.8. The summed E-state index contributed by atoms with van der Waals surface area (Å²) in [4.78, 5) is 11.6. The number of hydrogen-bond acceptors (Lipinski definition) is 3. The lowest BCUT2D eigenvalue weighted by atomic mass is 10.1. The Labute approximate surface area is 110 Å². The highest BCUT2D eigenvalue weighted by Gasteiger charge is 2.33. The van der Waals surface area contributed by atoms with Gasteiger partial charge in [0.25, 0.3) is 0 Å². The van der Waals surface area contributed by atoms with Crippen LogP contribution in [0.15, 0.2) is 18.2 Å². The number of benzene rings is 1. The summed E-state index contributed by atoms with van der Waals surface area (Å²) in [5, 5.41) is -0.0114. The van der Waals surface area contributed by atoms with Crippen LogP contribution < -0.4 is 9.47 Å². The first-order valence-electron chi connectivity index (χ1n) is 4.99.